The molecule has 8 heteroatoms. The standard InChI is InChI=1S/C28H26ClN3O4/c1-18-6-3-4-9-24(18)27(35)31(15-14-20-7-5-8-21(29)16-20)25-17-26(34)32(28(25)36)23-12-10-22(11-13-23)30-19(2)33/h3-13,16,25H,14-15,17H2,1-2H3,(H,30,33). The van der Waals surface area contributed by atoms with Crippen LogP contribution < -0.4 is 10.2 Å². The van der Waals surface area contributed by atoms with Crippen molar-refractivity contribution < 1.29 is 19.2 Å². The van der Waals surface area contributed by atoms with Crippen LogP contribution in [0.3, 0.4) is 0 Å². The number of amides is 4. The number of carbonyl (C=O) groups excluding carboxylic acids is 4. The molecule has 1 N–H and O–H groups in total. The number of nitrogens with zero attached hydrogens (tertiary/aromatic N) is 2. The highest BCUT2D eigenvalue weighted by Gasteiger charge is 2.44. The smallest absolute Gasteiger partial charge is 0.257 e. The van der Waals surface area contributed by atoms with Crippen LogP contribution in [-0.4, -0.2) is 41.1 Å². The first-order valence-corrected chi connectivity index (χ1v) is 12.0. The second-order valence-electron chi connectivity index (χ2n) is 8.71. The largest absolute Gasteiger partial charge is 0.326 e. The molecule has 4 rings (SSSR count). The van der Waals surface area contributed by atoms with E-state index < -0.39 is 11.9 Å². The molecule has 0 aliphatic carbocycles. The number of rotatable bonds is 7. The number of carbonyl (C=O) groups is 4. The molecule has 7 nitrogen and oxygen atoms in total. The summed E-state index contributed by atoms with van der Waals surface area (Å²) in [5, 5.41) is 3.25. The van der Waals surface area contributed by atoms with Crippen molar-refractivity contribution in [3.05, 3.63) is 94.5 Å². The molecule has 36 heavy (non-hydrogen) atoms. The summed E-state index contributed by atoms with van der Waals surface area (Å²) in [6.45, 7) is 3.48. The second-order valence-corrected chi connectivity index (χ2v) is 9.15. The van der Waals surface area contributed by atoms with Gasteiger partial charge in [0, 0.05) is 29.7 Å². The molecule has 1 aliphatic rings. The van der Waals surface area contributed by atoms with Crippen molar-refractivity contribution in [2.45, 2.75) is 32.7 Å². The fraction of sp³-hybridized carbons (Fsp3) is 0.214. The van der Waals surface area contributed by atoms with E-state index in [0.29, 0.717) is 28.4 Å². The van der Waals surface area contributed by atoms with Crippen LogP contribution in [0.1, 0.15) is 34.8 Å². The molecule has 3 aromatic rings. The Morgan fingerprint density at radius 3 is 2.42 bits per heavy atom. The average molecular weight is 504 g/mol. The summed E-state index contributed by atoms with van der Waals surface area (Å²) < 4.78 is 0. The van der Waals surface area contributed by atoms with Crippen molar-refractivity contribution in [3.63, 3.8) is 0 Å². The van der Waals surface area contributed by atoms with Crippen molar-refractivity contribution in [1.29, 1.82) is 0 Å². The van der Waals surface area contributed by atoms with E-state index in [0.717, 1.165) is 16.0 Å². The molecule has 0 radical (unpaired) electrons. The lowest BCUT2D eigenvalue weighted by molar-refractivity contribution is -0.122. The Morgan fingerprint density at radius 1 is 1.03 bits per heavy atom. The molecule has 1 saturated heterocycles. The zero-order valence-electron chi connectivity index (χ0n) is 20.0. The molecular weight excluding hydrogens is 478 g/mol. The third-order valence-electron chi connectivity index (χ3n) is 6.11. The predicted molar refractivity (Wildman–Crippen MR) is 139 cm³/mol. The maximum Gasteiger partial charge on any atom is 0.257 e. The van der Waals surface area contributed by atoms with Gasteiger partial charge in [-0.15, -0.1) is 0 Å². The highest BCUT2D eigenvalue weighted by atomic mass is 35.5. The Labute approximate surface area is 214 Å². The minimum atomic E-state index is -0.932. The van der Waals surface area contributed by atoms with Crippen LogP contribution in [0.2, 0.25) is 5.02 Å². The third kappa shape index (κ3) is 5.47. The fourth-order valence-corrected chi connectivity index (χ4v) is 4.55. The average Bonchev–Trinajstić information content (AvgIpc) is 3.13. The van der Waals surface area contributed by atoms with Gasteiger partial charge in [0.2, 0.25) is 11.8 Å². The van der Waals surface area contributed by atoms with Gasteiger partial charge in [-0.3, -0.25) is 19.2 Å². The minimum absolute atomic E-state index is 0.112. The van der Waals surface area contributed by atoms with Crippen LogP contribution in [0.4, 0.5) is 11.4 Å². The summed E-state index contributed by atoms with van der Waals surface area (Å²) in [7, 11) is 0. The molecular formula is C28H26ClN3O4. The van der Waals surface area contributed by atoms with E-state index in [9.17, 15) is 19.2 Å². The van der Waals surface area contributed by atoms with Crippen molar-refractivity contribution >= 4 is 46.6 Å². The molecule has 4 amide bonds. The van der Waals surface area contributed by atoms with Crippen LogP contribution in [0.25, 0.3) is 0 Å². The van der Waals surface area contributed by atoms with Gasteiger partial charge in [0.1, 0.15) is 6.04 Å². The van der Waals surface area contributed by atoms with Crippen molar-refractivity contribution in [3.8, 4) is 0 Å². The highest BCUT2D eigenvalue weighted by molar-refractivity contribution is 6.30. The predicted octanol–water partition coefficient (Wildman–Crippen LogP) is 4.62. The van der Waals surface area contributed by atoms with E-state index in [1.54, 1.807) is 42.5 Å². The lowest BCUT2D eigenvalue weighted by atomic mass is 10.0. The molecule has 0 spiro atoms. The maximum atomic E-state index is 13.7. The summed E-state index contributed by atoms with van der Waals surface area (Å²) >= 11 is 6.13. The first-order chi connectivity index (χ1) is 17.2. The van der Waals surface area contributed by atoms with E-state index >= 15 is 0 Å². The number of hydrogen-bond acceptors (Lipinski definition) is 4. The van der Waals surface area contributed by atoms with E-state index in [-0.39, 0.29) is 30.7 Å². The molecule has 1 atom stereocenters. The van der Waals surface area contributed by atoms with Gasteiger partial charge in [-0.2, -0.15) is 0 Å². The van der Waals surface area contributed by atoms with Gasteiger partial charge >= 0.3 is 0 Å². The SMILES string of the molecule is CC(=O)Nc1ccc(N2C(=O)CC(N(CCc3cccc(Cl)c3)C(=O)c3ccccc3C)C2=O)cc1. The Kier molecular flexibility index (Phi) is 7.50. The summed E-state index contributed by atoms with van der Waals surface area (Å²) in [6, 6.07) is 20.0. The topological polar surface area (TPSA) is 86.8 Å². The number of nitrogens with one attached hydrogen (secondary N) is 1. The summed E-state index contributed by atoms with van der Waals surface area (Å²) in [6.07, 6.45) is 0.362. The van der Waals surface area contributed by atoms with Crippen LogP contribution in [0.5, 0.6) is 0 Å². The highest BCUT2D eigenvalue weighted by Crippen LogP contribution is 2.28. The van der Waals surface area contributed by atoms with Gasteiger partial charge in [-0.1, -0.05) is 41.9 Å². The van der Waals surface area contributed by atoms with E-state index in [4.69, 9.17) is 11.6 Å². The molecule has 0 aromatic heterocycles. The van der Waals surface area contributed by atoms with Gasteiger partial charge in [0.05, 0.1) is 12.1 Å². The molecule has 0 saturated carbocycles. The maximum absolute atomic E-state index is 13.7. The third-order valence-corrected chi connectivity index (χ3v) is 6.35. The summed E-state index contributed by atoms with van der Waals surface area (Å²) in [5.41, 5.74) is 3.14. The fourth-order valence-electron chi connectivity index (χ4n) is 4.34. The summed E-state index contributed by atoms with van der Waals surface area (Å²) in [5.74, 6) is -1.37. The van der Waals surface area contributed by atoms with E-state index in [2.05, 4.69) is 5.32 Å². The Morgan fingerprint density at radius 2 is 1.75 bits per heavy atom. The first-order valence-electron chi connectivity index (χ1n) is 11.6. The van der Waals surface area contributed by atoms with E-state index in [1.807, 2.05) is 37.3 Å². The molecule has 1 unspecified atom stereocenters. The monoisotopic (exact) mass is 503 g/mol. The zero-order valence-corrected chi connectivity index (χ0v) is 20.8. The van der Waals surface area contributed by atoms with Gasteiger partial charge in [-0.05, 0) is 66.9 Å². The normalized spacial score (nSPS) is 15.2. The van der Waals surface area contributed by atoms with Crippen LogP contribution in [0.15, 0.2) is 72.8 Å². The molecule has 184 valence electrons. The van der Waals surface area contributed by atoms with Crippen LogP contribution in [-0.2, 0) is 20.8 Å². The molecule has 0 bridgehead atoms. The lowest BCUT2D eigenvalue weighted by Gasteiger charge is -2.28. The first kappa shape index (κ1) is 25.1. The molecule has 3 aromatic carbocycles. The number of halogens is 1. The lowest BCUT2D eigenvalue weighted by Crippen LogP contribution is -2.46. The number of anilines is 2. The Hall–Kier alpha value is -3.97. The molecule has 1 fully saturated rings. The Bertz CT molecular complexity index is 1320. The number of hydrogen-bond donors (Lipinski definition) is 1. The van der Waals surface area contributed by atoms with Gasteiger partial charge < -0.3 is 10.2 Å². The van der Waals surface area contributed by atoms with E-state index in [1.165, 1.54) is 11.8 Å². The van der Waals surface area contributed by atoms with Crippen LogP contribution >= 0.6 is 11.6 Å². The number of aryl methyl sites for hydroxylation is 1. The van der Waals surface area contributed by atoms with Crippen molar-refractivity contribution in [1.82, 2.24) is 4.90 Å². The second kappa shape index (κ2) is 10.7. The van der Waals surface area contributed by atoms with Gasteiger partial charge in [-0.25, -0.2) is 4.90 Å². The quantitative estimate of drug-likeness (QED) is 0.476. The van der Waals surface area contributed by atoms with Gasteiger partial charge in [0.15, 0.2) is 0 Å². The molecule has 1 aliphatic heterocycles. The van der Waals surface area contributed by atoms with Crippen molar-refractivity contribution in [2.24, 2.45) is 0 Å². The Balaban J connectivity index is 1.62. The number of benzene rings is 3. The summed E-state index contributed by atoms with van der Waals surface area (Å²) in [4.78, 5) is 54.1. The van der Waals surface area contributed by atoms with Crippen molar-refractivity contribution in [2.75, 3.05) is 16.8 Å². The molecule has 1 heterocycles. The van der Waals surface area contributed by atoms with Gasteiger partial charge in [0.25, 0.3) is 11.8 Å². The minimum Gasteiger partial charge on any atom is -0.326 e. The van der Waals surface area contributed by atoms with Crippen LogP contribution in [0, 0.1) is 6.92 Å². The zero-order chi connectivity index (χ0) is 25.8. The number of imide groups is 1.